The fourth-order valence-corrected chi connectivity index (χ4v) is 9.27. The first-order chi connectivity index (χ1) is 10.8. The lowest BCUT2D eigenvalue weighted by molar-refractivity contribution is 0.106. The summed E-state index contributed by atoms with van der Waals surface area (Å²) in [5.74, 6) is 7.36. The first-order valence-corrected chi connectivity index (χ1v) is 11.8. The van der Waals surface area contributed by atoms with Gasteiger partial charge < -0.3 is 8.85 Å². The van der Waals surface area contributed by atoms with Crippen LogP contribution < -0.4 is 0 Å². The molecule has 4 rings (SSSR count). The summed E-state index contributed by atoms with van der Waals surface area (Å²) in [5.41, 5.74) is 0. The van der Waals surface area contributed by atoms with Gasteiger partial charge in [0.2, 0.25) is 0 Å². The van der Waals surface area contributed by atoms with Crippen LogP contribution in [0.1, 0.15) is 58.8 Å². The van der Waals surface area contributed by atoms with Crippen molar-refractivity contribution in [2.24, 2.45) is 41.4 Å². The predicted octanol–water partition coefficient (Wildman–Crippen LogP) is 4.38. The van der Waals surface area contributed by atoms with Gasteiger partial charge in [0.15, 0.2) is 0 Å². The van der Waals surface area contributed by atoms with E-state index in [-0.39, 0.29) is 0 Å². The van der Waals surface area contributed by atoms with Crippen LogP contribution in [0.15, 0.2) is 0 Å². The van der Waals surface area contributed by atoms with E-state index < -0.39 is 9.28 Å². The SMILES string of the molecule is CCO[SiH](CC1C2CCC(C2)C1C1CC2CCC1C2)OCC. The molecule has 126 valence electrons. The van der Waals surface area contributed by atoms with Crippen LogP contribution in [0.4, 0.5) is 0 Å². The molecule has 0 aromatic heterocycles. The maximum absolute atomic E-state index is 6.04. The summed E-state index contributed by atoms with van der Waals surface area (Å²) >= 11 is 0. The summed E-state index contributed by atoms with van der Waals surface area (Å²) in [4.78, 5) is 0. The van der Waals surface area contributed by atoms with Gasteiger partial charge in [0.1, 0.15) is 0 Å². The molecule has 22 heavy (non-hydrogen) atoms. The number of rotatable bonds is 7. The van der Waals surface area contributed by atoms with Crippen molar-refractivity contribution < 1.29 is 8.85 Å². The molecular formula is C19H34O2Si. The monoisotopic (exact) mass is 322 g/mol. The molecule has 3 heteroatoms. The molecule has 0 N–H and O–H groups in total. The third kappa shape index (κ3) is 2.71. The second-order valence-electron chi connectivity index (χ2n) is 8.49. The highest BCUT2D eigenvalue weighted by molar-refractivity contribution is 6.44. The van der Waals surface area contributed by atoms with Gasteiger partial charge in [-0.3, -0.25) is 0 Å². The highest BCUT2D eigenvalue weighted by Gasteiger charge is 2.55. The molecule has 0 aliphatic heterocycles. The van der Waals surface area contributed by atoms with Gasteiger partial charge in [0.25, 0.3) is 0 Å². The Morgan fingerprint density at radius 1 is 0.818 bits per heavy atom. The van der Waals surface area contributed by atoms with Gasteiger partial charge in [-0.2, -0.15) is 0 Å². The van der Waals surface area contributed by atoms with Gasteiger partial charge in [-0.15, -0.1) is 0 Å². The van der Waals surface area contributed by atoms with Crippen molar-refractivity contribution in [2.45, 2.75) is 64.8 Å². The predicted molar refractivity (Wildman–Crippen MR) is 92.0 cm³/mol. The lowest BCUT2D eigenvalue weighted by Crippen LogP contribution is -2.36. The second kappa shape index (κ2) is 6.56. The molecule has 4 aliphatic carbocycles. The average Bonchev–Trinajstić information content (AvgIpc) is 3.28. The lowest BCUT2D eigenvalue weighted by Gasteiger charge is -2.40. The highest BCUT2D eigenvalue weighted by Crippen LogP contribution is 2.63. The van der Waals surface area contributed by atoms with E-state index in [4.69, 9.17) is 8.85 Å². The average molecular weight is 323 g/mol. The molecule has 4 aliphatic rings. The molecular weight excluding hydrogens is 288 g/mol. The van der Waals surface area contributed by atoms with Crippen molar-refractivity contribution in [1.82, 2.24) is 0 Å². The molecule has 0 amide bonds. The summed E-state index contributed by atoms with van der Waals surface area (Å²) in [7, 11) is -1.42. The standard InChI is InChI=1S/C19H34O2Si/c1-3-20-22(21-4-2)12-18-15-7-8-16(11-15)19(18)17-10-13-5-6-14(17)9-13/h13-19,22H,3-12H2,1-2H3. The van der Waals surface area contributed by atoms with Crippen molar-refractivity contribution in [3.8, 4) is 0 Å². The van der Waals surface area contributed by atoms with Crippen LogP contribution in [0, 0.1) is 41.4 Å². The van der Waals surface area contributed by atoms with Gasteiger partial charge in [-0.25, -0.2) is 0 Å². The molecule has 7 unspecified atom stereocenters. The fraction of sp³-hybridized carbons (Fsp3) is 1.00. The largest absolute Gasteiger partial charge is 0.397 e. The summed E-state index contributed by atoms with van der Waals surface area (Å²) in [5, 5.41) is 0. The van der Waals surface area contributed by atoms with Crippen molar-refractivity contribution in [3.05, 3.63) is 0 Å². The summed E-state index contributed by atoms with van der Waals surface area (Å²) in [6.07, 6.45) is 10.8. The third-order valence-electron chi connectivity index (χ3n) is 7.61. The third-order valence-corrected chi connectivity index (χ3v) is 9.95. The van der Waals surface area contributed by atoms with Crippen molar-refractivity contribution >= 4 is 9.28 Å². The Kier molecular flexibility index (Phi) is 4.67. The topological polar surface area (TPSA) is 18.5 Å². The van der Waals surface area contributed by atoms with Crippen LogP contribution in [0.25, 0.3) is 0 Å². The van der Waals surface area contributed by atoms with E-state index in [1.807, 2.05) is 0 Å². The van der Waals surface area contributed by atoms with Crippen LogP contribution >= 0.6 is 0 Å². The van der Waals surface area contributed by atoms with Gasteiger partial charge in [-0.05, 0) is 99.8 Å². The zero-order chi connectivity index (χ0) is 15.1. The summed E-state index contributed by atoms with van der Waals surface area (Å²) in [6.45, 7) is 5.95. The molecule has 4 saturated carbocycles. The van der Waals surface area contributed by atoms with E-state index in [2.05, 4.69) is 13.8 Å². The first-order valence-electron chi connectivity index (χ1n) is 10.0. The minimum Gasteiger partial charge on any atom is -0.397 e. The van der Waals surface area contributed by atoms with Crippen LogP contribution in [0.3, 0.4) is 0 Å². The zero-order valence-corrected chi connectivity index (χ0v) is 15.7. The van der Waals surface area contributed by atoms with Crippen molar-refractivity contribution in [1.29, 1.82) is 0 Å². The molecule has 0 aromatic rings. The van der Waals surface area contributed by atoms with Gasteiger partial charge in [-0.1, -0.05) is 6.42 Å². The number of hydrogen-bond acceptors (Lipinski definition) is 2. The van der Waals surface area contributed by atoms with Gasteiger partial charge >= 0.3 is 9.28 Å². The smallest absolute Gasteiger partial charge is 0.321 e. The molecule has 0 radical (unpaired) electrons. The van der Waals surface area contributed by atoms with Crippen LogP contribution in [0.5, 0.6) is 0 Å². The Labute approximate surface area is 138 Å². The number of hydrogen-bond donors (Lipinski definition) is 0. The normalized spacial score (nSPS) is 46.2. The molecule has 2 nitrogen and oxygen atoms in total. The summed E-state index contributed by atoms with van der Waals surface area (Å²) in [6, 6.07) is 1.31. The Bertz CT molecular complexity index is 382. The zero-order valence-electron chi connectivity index (χ0n) is 14.5. The molecule has 0 heterocycles. The Morgan fingerprint density at radius 2 is 1.55 bits per heavy atom. The molecule has 0 saturated heterocycles. The fourth-order valence-electron chi connectivity index (χ4n) is 7.02. The maximum Gasteiger partial charge on any atom is 0.321 e. The molecule has 7 atom stereocenters. The quantitative estimate of drug-likeness (QED) is 0.648. The van der Waals surface area contributed by atoms with Crippen molar-refractivity contribution in [3.63, 3.8) is 0 Å². The Morgan fingerprint density at radius 3 is 2.18 bits per heavy atom. The minimum atomic E-state index is -1.42. The first kappa shape index (κ1) is 15.7. The Hall–Kier alpha value is 0.137. The van der Waals surface area contributed by atoms with Crippen molar-refractivity contribution in [2.75, 3.05) is 13.2 Å². The van der Waals surface area contributed by atoms with Crippen LogP contribution in [-0.2, 0) is 8.85 Å². The second-order valence-corrected chi connectivity index (χ2v) is 10.5. The van der Waals surface area contributed by atoms with Gasteiger partial charge in [0, 0.05) is 13.2 Å². The number of fused-ring (bicyclic) bond motifs is 4. The Balaban J connectivity index is 1.47. The van der Waals surface area contributed by atoms with E-state index in [9.17, 15) is 0 Å². The van der Waals surface area contributed by atoms with Crippen LogP contribution in [0.2, 0.25) is 6.04 Å². The van der Waals surface area contributed by atoms with E-state index in [0.29, 0.717) is 0 Å². The molecule has 4 bridgehead atoms. The summed E-state index contributed by atoms with van der Waals surface area (Å²) < 4.78 is 12.1. The molecule has 0 spiro atoms. The van der Waals surface area contributed by atoms with E-state index in [1.54, 1.807) is 32.1 Å². The van der Waals surface area contributed by atoms with E-state index in [0.717, 1.165) is 54.6 Å². The van der Waals surface area contributed by atoms with E-state index in [1.165, 1.54) is 18.9 Å². The minimum absolute atomic E-state index is 0.844. The van der Waals surface area contributed by atoms with Gasteiger partial charge in [0.05, 0.1) is 0 Å². The maximum atomic E-state index is 6.04. The van der Waals surface area contributed by atoms with E-state index >= 15 is 0 Å². The molecule has 0 aromatic carbocycles. The highest BCUT2D eigenvalue weighted by atomic mass is 28.3. The molecule has 4 fully saturated rings. The lowest BCUT2D eigenvalue weighted by atomic mass is 9.68. The van der Waals surface area contributed by atoms with Crippen LogP contribution in [-0.4, -0.2) is 22.5 Å².